The third-order valence-corrected chi connectivity index (χ3v) is 8.14. The molecule has 5 rings (SSSR count). The fourth-order valence-corrected chi connectivity index (χ4v) is 5.92. The molecule has 38 heavy (non-hydrogen) atoms. The number of nitrogens with zero attached hydrogens (tertiary/aromatic N) is 5. The Hall–Kier alpha value is -3.34. The molecular formula is C27H38N6O5. The molecule has 4 heterocycles. The first-order chi connectivity index (χ1) is 18.5. The van der Waals surface area contributed by atoms with Crippen molar-refractivity contribution in [3.63, 3.8) is 0 Å². The van der Waals surface area contributed by atoms with Gasteiger partial charge in [-0.25, -0.2) is 4.79 Å². The van der Waals surface area contributed by atoms with Gasteiger partial charge in [0.25, 0.3) is 0 Å². The SMILES string of the molecule is COc1ccc(-c2noc(N3CCC(C(=O)NCC4CCN(CC5CCCN(C(=O)O)C5)C4)CC3)n2)cc1. The number of carbonyl (C=O) groups is 2. The van der Waals surface area contributed by atoms with Crippen molar-refractivity contribution < 1.29 is 24.0 Å². The third-order valence-electron chi connectivity index (χ3n) is 8.14. The zero-order valence-corrected chi connectivity index (χ0v) is 22.1. The molecule has 2 aromatic rings. The molecular weight excluding hydrogens is 488 g/mol. The van der Waals surface area contributed by atoms with Crippen LogP contribution >= 0.6 is 0 Å². The molecule has 1 aromatic carbocycles. The number of amides is 2. The monoisotopic (exact) mass is 526 g/mol. The van der Waals surface area contributed by atoms with Crippen molar-refractivity contribution in [3.05, 3.63) is 24.3 Å². The largest absolute Gasteiger partial charge is 0.497 e. The maximum absolute atomic E-state index is 12.9. The number of hydrogen-bond acceptors (Lipinski definition) is 8. The number of methoxy groups -OCH3 is 1. The van der Waals surface area contributed by atoms with Crippen LogP contribution in [0.4, 0.5) is 10.8 Å². The Morgan fingerprint density at radius 2 is 1.84 bits per heavy atom. The molecule has 0 saturated carbocycles. The van der Waals surface area contributed by atoms with E-state index in [4.69, 9.17) is 9.26 Å². The van der Waals surface area contributed by atoms with E-state index in [2.05, 4.69) is 25.3 Å². The molecule has 3 fully saturated rings. The Bertz CT molecular complexity index is 1080. The predicted molar refractivity (Wildman–Crippen MR) is 141 cm³/mol. The van der Waals surface area contributed by atoms with Crippen molar-refractivity contribution in [2.75, 3.05) is 64.4 Å². The third kappa shape index (κ3) is 6.38. The van der Waals surface area contributed by atoms with Crippen molar-refractivity contribution in [1.29, 1.82) is 0 Å². The fraction of sp³-hybridized carbons (Fsp3) is 0.630. The molecule has 3 aliphatic rings. The number of rotatable bonds is 8. The van der Waals surface area contributed by atoms with Crippen molar-refractivity contribution in [1.82, 2.24) is 25.3 Å². The van der Waals surface area contributed by atoms with Crippen LogP contribution in [-0.4, -0.2) is 96.5 Å². The van der Waals surface area contributed by atoms with Gasteiger partial charge in [-0.15, -0.1) is 0 Å². The van der Waals surface area contributed by atoms with Crippen LogP contribution in [0.5, 0.6) is 5.75 Å². The van der Waals surface area contributed by atoms with E-state index in [9.17, 15) is 14.7 Å². The second-order valence-electron chi connectivity index (χ2n) is 10.8. The molecule has 0 spiro atoms. The second kappa shape index (κ2) is 12.0. The summed E-state index contributed by atoms with van der Waals surface area (Å²) in [6.07, 6.45) is 3.81. The van der Waals surface area contributed by atoms with E-state index in [1.165, 1.54) is 0 Å². The van der Waals surface area contributed by atoms with E-state index < -0.39 is 6.09 Å². The van der Waals surface area contributed by atoms with Gasteiger partial charge in [0.05, 0.1) is 7.11 Å². The first-order valence-corrected chi connectivity index (χ1v) is 13.7. The topological polar surface area (TPSA) is 124 Å². The van der Waals surface area contributed by atoms with Gasteiger partial charge in [0.1, 0.15) is 5.75 Å². The second-order valence-corrected chi connectivity index (χ2v) is 10.8. The Morgan fingerprint density at radius 1 is 1.05 bits per heavy atom. The number of likely N-dealkylation sites (tertiary alicyclic amines) is 2. The maximum Gasteiger partial charge on any atom is 0.407 e. The van der Waals surface area contributed by atoms with Gasteiger partial charge in [-0.05, 0) is 74.8 Å². The highest BCUT2D eigenvalue weighted by Gasteiger charge is 2.31. The van der Waals surface area contributed by atoms with Crippen molar-refractivity contribution in [2.24, 2.45) is 17.8 Å². The summed E-state index contributed by atoms with van der Waals surface area (Å²) in [6, 6.07) is 8.02. The summed E-state index contributed by atoms with van der Waals surface area (Å²) < 4.78 is 10.7. The lowest BCUT2D eigenvalue weighted by molar-refractivity contribution is -0.125. The van der Waals surface area contributed by atoms with Crippen molar-refractivity contribution in [3.8, 4) is 17.1 Å². The number of hydrogen-bond donors (Lipinski definition) is 2. The smallest absolute Gasteiger partial charge is 0.407 e. The average molecular weight is 527 g/mol. The number of anilines is 1. The van der Waals surface area contributed by atoms with Crippen LogP contribution in [0, 0.1) is 17.8 Å². The Labute approximate surface area is 223 Å². The molecule has 11 heteroatoms. The molecule has 2 atom stereocenters. The number of piperidine rings is 2. The highest BCUT2D eigenvalue weighted by atomic mass is 16.5. The predicted octanol–water partition coefficient (Wildman–Crippen LogP) is 2.79. The average Bonchev–Trinajstić information content (AvgIpc) is 3.62. The summed E-state index contributed by atoms with van der Waals surface area (Å²) >= 11 is 0. The van der Waals surface area contributed by atoms with Gasteiger partial charge in [0, 0.05) is 57.3 Å². The summed E-state index contributed by atoms with van der Waals surface area (Å²) in [4.78, 5) is 34.7. The molecule has 206 valence electrons. The van der Waals surface area contributed by atoms with E-state index in [0.29, 0.717) is 56.4 Å². The zero-order chi connectivity index (χ0) is 26.5. The summed E-state index contributed by atoms with van der Waals surface area (Å²) in [5.41, 5.74) is 0.863. The molecule has 0 bridgehead atoms. The summed E-state index contributed by atoms with van der Waals surface area (Å²) in [5.74, 6) is 2.30. The quantitative estimate of drug-likeness (QED) is 0.534. The molecule has 1 aromatic heterocycles. The van der Waals surface area contributed by atoms with E-state index in [1.807, 2.05) is 24.3 Å². The number of benzene rings is 1. The molecule has 3 aliphatic heterocycles. The Kier molecular flexibility index (Phi) is 8.31. The van der Waals surface area contributed by atoms with Gasteiger partial charge in [0.15, 0.2) is 0 Å². The highest BCUT2D eigenvalue weighted by Crippen LogP contribution is 2.26. The van der Waals surface area contributed by atoms with Gasteiger partial charge in [0.2, 0.25) is 11.7 Å². The molecule has 3 saturated heterocycles. The van der Waals surface area contributed by atoms with Gasteiger partial charge in [-0.3, -0.25) is 4.79 Å². The fourth-order valence-electron chi connectivity index (χ4n) is 5.92. The minimum atomic E-state index is -0.807. The van der Waals surface area contributed by atoms with E-state index >= 15 is 0 Å². The van der Waals surface area contributed by atoms with E-state index in [0.717, 1.165) is 63.1 Å². The van der Waals surface area contributed by atoms with Crippen molar-refractivity contribution >= 4 is 18.0 Å². The first kappa shape index (κ1) is 26.3. The first-order valence-electron chi connectivity index (χ1n) is 13.7. The van der Waals surface area contributed by atoms with E-state index in [-0.39, 0.29) is 11.8 Å². The van der Waals surface area contributed by atoms with Crippen LogP contribution in [0.2, 0.25) is 0 Å². The normalized spacial score (nSPS) is 23.0. The van der Waals surface area contributed by atoms with Crippen LogP contribution < -0.4 is 15.0 Å². The number of carbonyl (C=O) groups excluding carboxylic acids is 1. The minimum Gasteiger partial charge on any atom is -0.497 e. The van der Waals surface area contributed by atoms with Gasteiger partial charge >= 0.3 is 12.1 Å². The molecule has 0 radical (unpaired) electrons. The lowest BCUT2D eigenvalue weighted by Gasteiger charge is -2.33. The Morgan fingerprint density at radius 3 is 2.58 bits per heavy atom. The molecule has 0 aliphatic carbocycles. The van der Waals surface area contributed by atoms with E-state index in [1.54, 1.807) is 12.0 Å². The zero-order valence-electron chi connectivity index (χ0n) is 22.1. The minimum absolute atomic E-state index is 0.00280. The number of nitrogens with one attached hydrogen (secondary N) is 1. The maximum atomic E-state index is 12.9. The standard InChI is InChI=1S/C27H38N6O5/c1-37-23-6-4-21(5-7-23)24-29-26(38-30-24)32-13-9-22(10-14-32)25(34)28-15-19-8-12-31(16-19)17-20-3-2-11-33(18-20)27(35)36/h4-7,19-20,22H,2-3,8-18H2,1H3,(H,28,34)(H,35,36). The molecule has 11 nitrogen and oxygen atoms in total. The lowest BCUT2D eigenvalue weighted by Crippen LogP contribution is -2.43. The van der Waals surface area contributed by atoms with Crippen LogP contribution in [-0.2, 0) is 4.79 Å². The molecule has 2 amide bonds. The van der Waals surface area contributed by atoms with Gasteiger partial charge in [-0.2, -0.15) is 4.98 Å². The molecule has 2 N–H and O–H groups in total. The van der Waals surface area contributed by atoms with Crippen molar-refractivity contribution in [2.45, 2.75) is 32.1 Å². The van der Waals surface area contributed by atoms with Crippen LogP contribution in [0.3, 0.4) is 0 Å². The number of carboxylic acid groups (broad SMARTS) is 1. The highest BCUT2D eigenvalue weighted by molar-refractivity contribution is 5.79. The van der Waals surface area contributed by atoms with Crippen LogP contribution in [0.1, 0.15) is 32.1 Å². The summed E-state index contributed by atoms with van der Waals surface area (Å²) in [5, 5.41) is 16.6. The summed E-state index contributed by atoms with van der Waals surface area (Å²) in [7, 11) is 1.63. The lowest BCUT2D eigenvalue weighted by atomic mass is 9.96. The van der Waals surface area contributed by atoms with Gasteiger partial charge < -0.3 is 34.4 Å². The summed E-state index contributed by atoms with van der Waals surface area (Å²) in [6.45, 7) is 6.33. The number of ether oxygens (including phenoxy) is 1. The number of aromatic nitrogens is 2. The Balaban J connectivity index is 1.02. The molecule has 2 unspecified atom stereocenters. The van der Waals surface area contributed by atoms with Crippen LogP contribution in [0.25, 0.3) is 11.4 Å². The van der Waals surface area contributed by atoms with Gasteiger partial charge in [-0.1, -0.05) is 5.16 Å². The van der Waals surface area contributed by atoms with Crippen LogP contribution in [0.15, 0.2) is 28.8 Å².